The summed E-state index contributed by atoms with van der Waals surface area (Å²) in [6.45, 7) is 1.66. The van der Waals surface area contributed by atoms with Crippen molar-refractivity contribution < 1.29 is 17.5 Å². The summed E-state index contributed by atoms with van der Waals surface area (Å²) in [5.74, 6) is 0.619. The first-order chi connectivity index (χ1) is 15.4. The lowest BCUT2D eigenvalue weighted by atomic mass is 9.82. The number of piperidine rings is 1. The predicted octanol–water partition coefficient (Wildman–Crippen LogP) is 3.71. The Morgan fingerprint density at radius 2 is 1.81 bits per heavy atom. The standard InChI is InChI=1S/C24H32FN3O3S/c1-32(29,30)27-22-14-15-28(24-9-5-8-23(25)26-24)16-20(22)17-31-21-12-10-19(11-13-21)18-6-3-2-4-7-18/h2-9,19-22,27H,10-17H2,1H3/t19?,20-,21?,22?/m0/s1. The van der Waals surface area contributed by atoms with Gasteiger partial charge in [0.05, 0.1) is 19.0 Å². The summed E-state index contributed by atoms with van der Waals surface area (Å²) in [6.07, 6.45) is 6.22. The van der Waals surface area contributed by atoms with Crippen LogP contribution in [0.1, 0.15) is 43.6 Å². The Morgan fingerprint density at radius 1 is 1.06 bits per heavy atom. The number of hydrogen-bond donors (Lipinski definition) is 1. The normalized spacial score (nSPS) is 26.8. The van der Waals surface area contributed by atoms with Crippen LogP contribution in [0.4, 0.5) is 10.2 Å². The van der Waals surface area contributed by atoms with Gasteiger partial charge in [-0.3, -0.25) is 0 Å². The van der Waals surface area contributed by atoms with E-state index in [4.69, 9.17) is 4.74 Å². The highest BCUT2D eigenvalue weighted by atomic mass is 32.2. The molecule has 2 atom stereocenters. The number of pyridine rings is 1. The first-order valence-corrected chi connectivity index (χ1v) is 13.3. The third kappa shape index (κ3) is 6.27. The lowest BCUT2D eigenvalue weighted by Crippen LogP contribution is -2.52. The Kier molecular flexibility index (Phi) is 7.43. The van der Waals surface area contributed by atoms with Crippen LogP contribution < -0.4 is 9.62 Å². The van der Waals surface area contributed by atoms with E-state index in [1.54, 1.807) is 12.1 Å². The van der Waals surface area contributed by atoms with Crippen molar-refractivity contribution in [2.24, 2.45) is 5.92 Å². The molecule has 174 valence electrons. The van der Waals surface area contributed by atoms with Crippen LogP contribution in [0.25, 0.3) is 0 Å². The predicted molar refractivity (Wildman–Crippen MR) is 124 cm³/mol. The van der Waals surface area contributed by atoms with Crippen molar-refractivity contribution in [3.05, 3.63) is 60.0 Å². The van der Waals surface area contributed by atoms with Gasteiger partial charge in [-0.1, -0.05) is 36.4 Å². The van der Waals surface area contributed by atoms with Crippen LogP contribution in [-0.2, 0) is 14.8 Å². The number of nitrogens with one attached hydrogen (secondary N) is 1. The lowest BCUT2D eigenvalue weighted by Gasteiger charge is -2.40. The number of rotatable bonds is 7. The molecule has 1 saturated heterocycles. The molecule has 2 heterocycles. The van der Waals surface area contributed by atoms with Gasteiger partial charge >= 0.3 is 0 Å². The molecule has 0 spiro atoms. The van der Waals surface area contributed by atoms with Gasteiger partial charge in [-0.25, -0.2) is 18.1 Å². The minimum absolute atomic E-state index is 0.0320. The molecular formula is C24H32FN3O3S. The summed E-state index contributed by atoms with van der Waals surface area (Å²) in [5.41, 5.74) is 1.40. The maximum Gasteiger partial charge on any atom is 0.214 e. The monoisotopic (exact) mass is 461 g/mol. The van der Waals surface area contributed by atoms with Gasteiger partial charge in [-0.15, -0.1) is 0 Å². The van der Waals surface area contributed by atoms with Crippen LogP contribution in [0.3, 0.4) is 0 Å². The van der Waals surface area contributed by atoms with Gasteiger partial charge in [-0.05, 0) is 55.7 Å². The second kappa shape index (κ2) is 10.3. The molecule has 1 N–H and O–H groups in total. The van der Waals surface area contributed by atoms with Crippen molar-refractivity contribution in [2.45, 2.75) is 50.2 Å². The average Bonchev–Trinajstić information content (AvgIpc) is 2.78. The quantitative estimate of drug-likeness (QED) is 0.637. The highest BCUT2D eigenvalue weighted by Crippen LogP contribution is 2.34. The fraction of sp³-hybridized carbons (Fsp3) is 0.542. The zero-order valence-electron chi connectivity index (χ0n) is 18.5. The van der Waals surface area contributed by atoms with E-state index >= 15 is 0 Å². The fourth-order valence-corrected chi connectivity index (χ4v) is 5.82. The molecule has 0 amide bonds. The molecule has 1 aliphatic carbocycles. The van der Waals surface area contributed by atoms with Gasteiger partial charge in [-0.2, -0.15) is 4.39 Å². The maximum atomic E-state index is 13.6. The molecule has 1 saturated carbocycles. The van der Waals surface area contributed by atoms with E-state index in [1.807, 2.05) is 11.0 Å². The number of hydrogen-bond acceptors (Lipinski definition) is 5. The summed E-state index contributed by atoms with van der Waals surface area (Å²) in [4.78, 5) is 6.02. The smallest absolute Gasteiger partial charge is 0.214 e. The topological polar surface area (TPSA) is 71.5 Å². The van der Waals surface area contributed by atoms with Gasteiger partial charge in [0.1, 0.15) is 5.82 Å². The molecule has 1 aromatic carbocycles. The second-order valence-corrected chi connectivity index (χ2v) is 10.8. The van der Waals surface area contributed by atoms with Gasteiger partial charge in [0.15, 0.2) is 0 Å². The molecule has 1 unspecified atom stereocenters. The molecule has 2 fully saturated rings. The van der Waals surface area contributed by atoms with Crippen LogP contribution in [-0.4, -0.2) is 51.5 Å². The number of benzene rings is 1. The summed E-state index contributed by atoms with van der Waals surface area (Å²) < 4.78 is 46.5. The van der Waals surface area contributed by atoms with Crippen LogP contribution in [0, 0.1) is 11.9 Å². The van der Waals surface area contributed by atoms with Crippen molar-refractivity contribution in [2.75, 3.05) is 30.9 Å². The molecule has 4 rings (SSSR count). The van der Waals surface area contributed by atoms with E-state index in [0.29, 0.717) is 37.9 Å². The van der Waals surface area contributed by atoms with Crippen molar-refractivity contribution in [1.29, 1.82) is 0 Å². The molecule has 32 heavy (non-hydrogen) atoms. The Balaban J connectivity index is 1.36. The van der Waals surface area contributed by atoms with Crippen molar-refractivity contribution >= 4 is 15.8 Å². The first kappa shape index (κ1) is 23.1. The molecule has 6 nitrogen and oxygen atoms in total. The Morgan fingerprint density at radius 3 is 2.50 bits per heavy atom. The van der Waals surface area contributed by atoms with Crippen LogP contribution in [0.5, 0.6) is 0 Å². The lowest BCUT2D eigenvalue weighted by molar-refractivity contribution is -0.00214. The van der Waals surface area contributed by atoms with Gasteiger partial charge in [0.2, 0.25) is 16.0 Å². The first-order valence-electron chi connectivity index (χ1n) is 11.4. The Hall–Kier alpha value is -2.03. The number of halogens is 1. The summed E-state index contributed by atoms with van der Waals surface area (Å²) in [5, 5.41) is 0. The molecule has 0 radical (unpaired) electrons. The average molecular weight is 462 g/mol. The zero-order chi connectivity index (χ0) is 22.6. The van der Waals surface area contributed by atoms with E-state index in [9.17, 15) is 12.8 Å². The highest BCUT2D eigenvalue weighted by Gasteiger charge is 2.33. The minimum Gasteiger partial charge on any atom is -0.378 e. The SMILES string of the molecule is CS(=O)(=O)NC1CCN(c2cccc(F)n2)C[C@H]1COC1CCC(c2ccccc2)CC1. The van der Waals surface area contributed by atoms with Crippen LogP contribution in [0.15, 0.2) is 48.5 Å². The zero-order valence-corrected chi connectivity index (χ0v) is 19.3. The summed E-state index contributed by atoms with van der Waals surface area (Å²) in [6, 6.07) is 15.2. The maximum absolute atomic E-state index is 13.6. The summed E-state index contributed by atoms with van der Waals surface area (Å²) in [7, 11) is -3.33. The molecule has 0 bridgehead atoms. The van der Waals surface area contributed by atoms with E-state index in [1.165, 1.54) is 17.9 Å². The minimum atomic E-state index is -3.33. The van der Waals surface area contributed by atoms with Gasteiger partial charge < -0.3 is 9.64 Å². The van der Waals surface area contributed by atoms with Crippen molar-refractivity contribution in [3.63, 3.8) is 0 Å². The number of ether oxygens (including phenoxy) is 1. The molecule has 1 aliphatic heterocycles. The number of aromatic nitrogens is 1. The fourth-order valence-electron chi connectivity index (χ4n) is 4.96. The van der Waals surface area contributed by atoms with Crippen molar-refractivity contribution in [1.82, 2.24) is 9.71 Å². The second-order valence-electron chi connectivity index (χ2n) is 9.03. The third-order valence-corrected chi connectivity index (χ3v) is 7.35. The Bertz CT molecular complexity index is 981. The Labute approximate surface area is 190 Å². The van der Waals surface area contributed by atoms with Gasteiger partial charge in [0.25, 0.3) is 0 Å². The number of anilines is 1. The van der Waals surface area contributed by atoms with Crippen molar-refractivity contribution in [3.8, 4) is 0 Å². The van der Waals surface area contributed by atoms with E-state index in [2.05, 4.69) is 34.0 Å². The molecular weight excluding hydrogens is 429 g/mol. The van der Waals surface area contributed by atoms with Crippen LogP contribution in [0.2, 0.25) is 0 Å². The third-order valence-electron chi connectivity index (χ3n) is 6.61. The molecule has 2 aromatic rings. The highest BCUT2D eigenvalue weighted by molar-refractivity contribution is 7.88. The van der Waals surface area contributed by atoms with E-state index in [0.717, 1.165) is 25.7 Å². The number of nitrogens with zero attached hydrogens (tertiary/aromatic N) is 2. The van der Waals surface area contributed by atoms with Gasteiger partial charge in [0, 0.05) is 25.0 Å². The van der Waals surface area contributed by atoms with E-state index < -0.39 is 16.0 Å². The largest absolute Gasteiger partial charge is 0.378 e. The van der Waals surface area contributed by atoms with E-state index in [-0.39, 0.29) is 18.1 Å². The molecule has 8 heteroatoms. The van der Waals surface area contributed by atoms with Crippen LogP contribution >= 0.6 is 0 Å². The number of sulfonamides is 1. The summed E-state index contributed by atoms with van der Waals surface area (Å²) >= 11 is 0. The molecule has 2 aliphatic rings. The molecule has 1 aromatic heterocycles.